The average Bonchev–Trinajstić information content (AvgIpc) is 3.01. The number of amides is 1. The largest absolute Gasteiger partial charge is 0.480 e. The van der Waals surface area contributed by atoms with Gasteiger partial charge in [0, 0.05) is 11.5 Å². The highest BCUT2D eigenvalue weighted by Gasteiger charge is 2.38. The number of carboxylic acids is 1. The van der Waals surface area contributed by atoms with E-state index in [4.69, 9.17) is 0 Å². The van der Waals surface area contributed by atoms with Gasteiger partial charge in [-0.15, -0.1) is 0 Å². The van der Waals surface area contributed by atoms with Crippen LogP contribution in [0.5, 0.6) is 0 Å². The molecular formula is C22H17NO3. The molecule has 1 atom stereocenters. The van der Waals surface area contributed by atoms with E-state index in [2.05, 4.69) is 5.32 Å². The van der Waals surface area contributed by atoms with Gasteiger partial charge in [-0.1, -0.05) is 66.7 Å². The molecule has 0 radical (unpaired) electrons. The molecule has 0 unspecified atom stereocenters. The molecule has 4 nitrogen and oxygen atoms in total. The van der Waals surface area contributed by atoms with Crippen LogP contribution in [0.3, 0.4) is 0 Å². The minimum absolute atomic E-state index is 0.389. The first-order valence-electron chi connectivity index (χ1n) is 8.44. The van der Waals surface area contributed by atoms with Crippen molar-refractivity contribution in [3.05, 3.63) is 95.6 Å². The molecule has 1 aliphatic carbocycles. The summed E-state index contributed by atoms with van der Waals surface area (Å²) in [6.45, 7) is 0. The van der Waals surface area contributed by atoms with Gasteiger partial charge in [0.15, 0.2) is 0 Å². The smallest absolute Gasteiger partial charge is 0.327 e. The number of hydrogen-bond acceptors (Lipinski definition) is 2. The lowest BCUT2D eigenvalue weighted by Crippen LogP contribution is -2.44. The summed E-state index contributed by atoms with van der Waals surface area (Å²) in [5.41, 5.74) is 4.34. The first kappa shape index (κ1) is 16.1. The Balaban J connectivity index is 1.76. The Kier molecular flexibility index (Phi) is 4.01. The van der Waals surface area contributed by atoms with E-state index in [-0.39, 0.29) is 5.91 Å². The highest BCUT2D eigenvalue weighted by molar-refractivity contribution is 5.97. The Morgan fingerprint density at radius 3 is 1.81 bits per heavy atom. The highest BCUT2D eigenvalue weighted by atomic mass is 16.4. The van der Waals surface area contributed by atoms with Crippen molar-refractivity contribution in [2.24, 2.45) is 0 Å². The molecule has 3 aromatic carbocycles. The maximum atomic E-state index is 12.6. The summed E-state index contributed by atoms with van der Waals surface area (Å²) in [5, 5.41) is 12.6. The van der Waals surface area contributed by atoms with Crippen molar-refractivity contribution in [3.8, 4) is 11.1 Å². The minimum Gasteiger partial charge on any atom is -0.480 e. The number of fused-ring (bicyclic) bond motifs is 3. The van der Waals surface area contributed by atoms with Gasteiger partial charge >= 0.3 is 5.97 Å². The average molecular weight is 343 g/mol. The van der Waals surface area contributed by atoms with Crippen LogP contribution in [0.15, 0.2) is 78.9 Å². The van der Waals surface area contributed by atoms with Gasteiger partial charge in [-0.05, 0) is 34.4 Å². The van der Waals surface area contributed by atoms with E-state index >= 15 is 0 Å². The van der Waals surface area contributed by atoms with Gasteiger partial charge in [-0.3, -0.25) is 4.79 Å². The molecule has 4 heteroatoms. The third-order valence-corrected chi connectivity index (χ3v) is 4.80. The second-order valence-electron chi connectivity index (χ2n) is 6.31. The molecule has 26 heavy (non-hydrogen) atoms. The third kappa shape index (κ3) is 2.65. The molecular weight excluding hydrogens is 326 g/mol. The summed E-state index contributed by atoms with van der Waals surface area (Å²) in [6.07, 6.45) is 0. The van der Waals surface area contributed by atoms with E-state index in [1.807, 2.05) is 54.6 Å². The lowest BCUT2D eigenvalue weighted by Gasteiger charge is -2.23. The fourth-order valence-electron chi connectivity index (χ4n) is 3.66. The van der Waals surface area contributed by atoms with Crippen molar-refractivity contribution in [1.29, 1.82) is 0 Å². The summed E-state index contributed by atoms with van der Waals surface area (Å²) in [5.74, 6) is -1.86. The maximum Gasteiger partial charge on any atom is 0.327 e. The monoisotopic (exact) mass is 343 g/mol. The van der Waals surface area contributed by atoms with Gasteiger partial charge in [-0.2, -0.15) is 0 Å². The first-order chi connectivity index (χ1) is 12.7. The zero-order chi connectivity index (χ0) is 18.1. The molecule has 0 saturated carbocycles. The zero-order valence-electron chi connectivity index (χ0n) is 13.9. The number of carboxylic acid groups (broad SMARTS) is 1. The van der Waals surface area contributed by atoms with E-state index in [0.29, 0.717) is 5.56 Å². The first-order valence-corrected chi connectivity index (χ1v) is 8.44. The number of benzene rings is 3. The van der Waals surface area contributed by atoms with E-state index in [1.54, 1.807) is 24.3 Å². The standard InChI is InChI=1S/C22H17NO3/c24-21(14-8-2-1-3-9-14)23-20(22(25)26)19-17-12-6-4-10-15(17)16-11-5-7-13-18(16)19/h1-13,19-20H,(H,23,24)(H,25,26)/t20-/m0/s1. The van der Waals surface area contributed by atoms with Crippen LogP contribution in [0.25, 0.3) is 11.1 Å². The second kappa shape index (κ2) is 6.48. The molecule has 0 fully saturated rings. The summed E-state index contributed by atoms with van der Waals surface area (Å²) in [6, 6.07) is 23.2. The van der Waals surface area contributed by atoms with Gasteiger partial charge in [0.2, 0.25) is 0 Å². The van der Waals surface area contributed by atoms with Crippen LogP contribution in [0.2, 0.25) is 0 Å². The summed E-state index contributed by atoms with van der Waals surface area (Å²) >= 11 is 0. The van der Waals surface area contributed by atoms with Crippen molar-refractivity contribution >= 4 is 11.9 Å². The molecule has 0 saturated heterocycles. The van der Waals surface area contributed by atoms with Crippen LogP contribution in [0.1, 0.15) is 27.4 Å². The Hall–Kier alpha value is -3.40. The van der Waals surface area contributed by atoms with E-state index in [1.165, 1.54) is 0 Å². The van der Waals surface area contributed by atoms with Crippen molar-refractivity contribution in [2.45, 2.75) is 12.0 Å². The Bertz CT molecular complexity index is 936. The number of carbonyl (C=O) groups excluding carboxylic acids is 1. The molecule has 128 valence electrons. The van der Waals surface area contributed by atoms with Crippen LogP contribution in [-0.2, 0) is 4.79 Å². The number of rotatable bonds is 4. The maximum absolute atomic E-state index is 12.6. The van der Waals surface area contributed by atoms with Gasteiger partial charge in [0.25, 0.3) is 5.91 Å². The second-order valence-corrected chi connectivity index (χ2v) is 6.31. The summed E-state index contributed by atoms with van der Waals surface area (Å²) in [4.78, 5) is 24.6. The molecule has 0 heterocycles. The highest BCUT2D eigenvalue weighted by Crippen LogP contribution is 2.46. The van der Waals surface area contributed by atoms with Crippen LogP contribution in [0.4, 0.5) is 0 Å². The predicted molar refractivity (Wildman–Crippen MR) is 99.1 cm³/mol. The third-order valence-electron chi connectivity index (χ3n) is 4.80. The Morgan fingerprint density at radius 2 is 1.27 bits per heavy atom. The van der Waals surface area contributed by atoms with E-state index in [9.17, 15) is 14.7 Å². The number of aliphatic carboxylic acids is 1. The summed E-state index contributed by atoms with van der Waals surface area (Å²) < 4.78 is 0. The van der Waals surface area contributed by atoms with Crippen LogP contribution in [0, 0.1) is 0 Å². The molecule has 3 aromatic rings. The van der Waals surface area contributed by atoms with Crippen molar-refractivity contribution in [2.75, 3.05) is 0 Å². The fourth-order valence-corrected chi connectivity index (χ4v) is 3.66. The van der Waals surface area contributed by atoms with E-state index in [0.717, 1.165) is 22.3 Å². The lowest BCUT2D eigenvalue weighted by atomic mass is 9.89. The molecule has 0 aliphatic heterocycles. The van der Waals surface area contributed by atoms with Gasteiger partial charge in [-0.25, -0.2) is 4.79 Å². The topological polar surface area (TPSA) is 66.4 Å². The number of hydrogen-bond donors (Lipinski definition) is 2. The molecule has 0 spiro atoms. The number of carbonyl (C=O) groups is 2. The van der Waals surface area contributed by atoms with E-state index < -0.39 is 17.9 Å². The van der Waals surface area contributed by atoms with Crippen LogP contribution >= 0.6 is 0 Å². The predicted octanol–water partition coefficient (Wildman–Crippen LogP) is 3.68. The van der Waals surface area contributed by atoms with Crippen molar-refractivity contribution in [1.82, 2.24) is 5.32 Å². The van der Waals surface area contributed by atoms with Crippen LogP contribution < -0.4 is 5.32 Å². The normalized spacial score (nSPS) is 13.5. The van der Waals surface area contributed by atoms with Gasteiger partial charge < -0.3 is 10.4 Å². The zero-order valence-corrected chi connectivity index (χ0v) is 13.9. The van der Waals surface area contributed by atoms with Gasteiger partial charge in [0.05, 0.1) is 0 Å². The Labute approximate surface area is 151 Å². The van der Waals surface area contributed by atoms with Crippen molar-refractivity contribution in [3.63, 3.8) is 0 Å². The molecule has 2 N–H and O–H groups in total. The molecule has 0 aromatic heterocycles. The minimum atomic E-state index is -1.05. The van der Waals surface area contributed by atoms with Crippen LogP contribution in [-0.4, -0.2) is 23.0 Å². The molecule has 4 rings (SSSR count). The van der Waals surface area contributed by atoms with Crippen molar-refractivity contribution < 1.29 is 14.7 Å². The SMILES string of the molecule is O=C(N[C@H](C(=O)O)C1c2ccccc2-c2ccccc21)c1ccccc1. The molecule has 1 amide bonds. The summed E-state index contributed by atoms with van der Waals surface area (Å²) in [7, 11) is 0. The molecule has 1 aliphatic rings. The molecule has 0 bridgehead atoms. The Morgan fingerprint density at radius 1 is 0.769 bits per heavy atom. The number of nitrogens with one attached hydrogen (secondary N) is 1. The fraction of sp³-hybridized carbons (Fsp3) is 0.0909. The van der Waals surface area contributed by atoms with Gasteiger partial charge in [0.1, 0.15) is 6.04 Å². The quantitative estimate of drug-likeness (QED) is 0.759. The lowest BCUT2D eigenvalue weighted by molar-refractivity contribution is -0.139.